The Hall–Kier alpha value is -1.33. The van der Waals surface area contributed by atoms with Crippen LogP contribution in [0.4, 0.5) is 9.18 Å². The number of amides is 1. The molecule has 5 nitrogen and oxygen atoms in total. The van der Waals surface area contributed by atoms with Gasteiger partial charge >= 0.3 is 12.1 Å². The molecule has 1 aliphatic rings. The molecule has 0 aliphatic heterocycles. The van der Waals surface area contributed by atoms with Gasteiger partial charge in [-0.1, -0.05) is 0 Å². The molecule has 1 rings (SSSR count). The van der Waals surface area contributed by atoms with E-state index in [1.807, 2.05) is 0 Å². The first-order chi connectivity index (χ1) is 9.12. The fourth-order valence-corrected chi connectivity index (χ4v) is 2.51. The third kappa shape index (κ3) is 5.75. The number of hydrogen-bond donors (Lipinski definition) is 2. The highest BCUT2D eigenvalue weighted by molar-refractivity contribution is 5.69. The molecule has 1 saturated carbocycles. The van der Waals surface area contributed by atoms with Crippen LogP contribution in [0.3, 0.4) is 0 Å². The van der Waals surface area contributed by atoms with Crippen LogP contribution in [-0.2, 0) is 9.53 Å². The molecule has 1 fully saturated rings. The first-order valence-electron chi connectivity index (χ1n) is 6.95. The Bertz CT molecular complexity index is 357. The highest BCUT2D eigenvalue weighted by Gasteiger charge is 2.38. The number of carbonyl (C=O) groups excluding carboxylic acids is 1. The van der Waals surface area contributed by atoms with Gasteiger partial charge < -0.3 is 15.2 Å². The lowest BCUT2D eigenvalue weighted by Crippen LogP contribution is -2.43. The Balaban J connectivity index is 2.57. The van der Waals surface area contributed by atoms with Crippen molar-refractivity contribution < 1.29 is 23.8 Å². The molecule has 0 spiro atoms. The van der Waals surface area contributed by atoms with E-state index < -0.39 is 29.3 Å². The average Bonchev–Trinajstić information content (AvgIpc) is 2.28. The van der Waals surface area contributed by atoms with Gasteiger partial charge in [0.2, 0.25) is 0 Å². The van der Waals surface area contributed by atoms with Gasteiger partial charge in [-0.3, -0.25) is 4.79 Å². The van der Waals surface area contributed by atoms with Gasteiger partial charge in [0, 0.05) is 6.54 Å². The van der Waals surface area contributed by atoms with Crippen LogP contribution in [0.2, 0.25) is 0 Å². The summed E-state index contributed by atoms with van der Waals surface area (Å²) in [5.74, 6) is -0.923. The van der Waals surface area contributed by atoms with Gasteiger partial charge in [0.05, 0.1) is 6.42 Å². The normalized spacial score (nSPS) is 26.9. The summed E-state index contributed by atoms with van der Waals surface area (Å²) in [6, 6.07) is 0. The summed E-state index contributed by atoms with van der Waals surface area (Å²) in [7, 11) is 0. The molecule has 0 heterocycles. The maximum absolute atomic E-state index is 13.2. The third-order valence-electron chi connectivity index (χ3n) is 3.51. The Morgan fingerprint density at radius 1 is 1.35 bits per heavy atom. The van der Waals surface area contributed by atoms with Gasteiger partial charge in [-0.15, -0.1) is 0 Å². The third-order valence-corrected chi connectivity index (χ3v) is 3.51. The smallest absolute Gasteiger partial charge is 0.407 e. The number of aliphatic carboxylic acids is 1. The van der Waals surface area contributed by atoms with Crippen molar-refractivity contribution in [3.05, 3.63) is 0 Å². The molecule has 1 amide bonds. The maximum atomic E-state index is 13.2. The van der Waals surface area contributed by atoms with Gasteiger partial charge in [0.15, 0.2) is 0 Å². The molecular formula is C14H24FNO4. The van der Waals surface area contributed by atoms with Crippen molar-refractivity contribution in [2.45, 2.75) is 64.6 Å². The molecule has 116 valence electrons. The van der Waals surface area contributed by atoms with Crippen molar-refractivity contribution in [2.75, 3.05) is 6.54 Å². The zero-order chi connectivity index (χ0) is 15.4. The molecule has 1 aliphatic carbocycles. The monoisotopic (exact) mass is 288 g/mol. The predicted molar refractivity (Wildman–Crippen MR) is 72.3 cm³/mol. The number of carbonyl (C=O) groups is 2. The van der Waals surface area contributed by atoms with E-state index in [2.05, 4.69) is 5.32 Å². The summed E-state index contributed by atoms with van der Waals surface area (Å²) in [6.07, 6.45) is 0.150. The maximum Gasteiger partial charge on any atom is 0.407 e. The van der Waals surface area contributed by atoms with Crippen LogP contribution < -0.4 is 5.32 Å². The lowest BCUT2D eigenvalue weighted by molar-refractivity contribution is -0.140. The Kier molecular flexibility index (Phi) is 5.36. The van der Waals surface area contributed by atoms with Crippen molar-refractivity contribution in [1.82, 2.24) is 5.32 Å². The van der Waals surface area contributed by atoms with Gasteiger partial charge in [-0.2, -0.15) is 0 Å². The Morgan fingerprint density at radius 3 is 2.35 bits per heavy atom. The molecule has 0 saturated heterocycles. The van der Waals surface area contributed by atoms with Crippen LogP contribution in [0, 0.1) is 5.41 Å². The number of nitrogens with one attached hydrogen (secondary N) is 1. The minimum Gasteiger partial charge on any atom is -0.481 e. The van der Waals surface area contributed by atoms with Crippen LogP contribution in [0.5, 0.6) is 0 Å². The number of halogens is 1. The first-order valence-corrected chi connectivity index (χ1v) is 6.95. The minimum atomic E-state index is -0.923. The molecule has 0 aromatic rings. The molecule has 0 radical (unpaired) electrons. The lowest BCUT2D eigenvalue weighted by atomic mass is 9.71. The molecular weight excluding hydrogens is 264 g/mol. The van der Waals surface area contributed by atoms with Crippen LogP contribution in [0.1, 0.15) is 52.9 Å². The number of hydrogen-bond acceptors (Lipinski definition) is 3. The number of carboxylic acids is 1. The quantitative estimate of drug-likeness (QED) is 0.834. The summed E-state index contributed by atoms with van der Waals surface area (Å²) >= 11 is 0. The zero-order valence-electron chi connectivity index (χ0n) is 12.4. The zero-order valence-corrected chi connectivity index (χ0v) is 12.4. The van der Waals surface area contributed by atoms with E-state index in [0.717, 1.165) is 0 Å². The Labute approximate surface area is 118 Å². The largest absolute Gasteiger partial charge is 0.481 e. The summed E-state index contributed by atoms with van der Waals surface area (Å²) in [4.78, 5) is 22.6. The van der Waals surface area contributed by atoms with E-state index in [4.69, 9.17) is 9.84 Å². The van der Waals surface area contributed by atoms with Crippen LogP contribution in [-0.4, -0.2) is 35.5 Å². The number of rotatable bonds is 4. The second-order valence-corrected chi connectivity index (χ2v) is 6.60. The predicted octanol–water partition coefficient (Wildman–Crippen LogP) is 2.88. The van der Waals surface area contributed by atoms with E-state index in [-0.39, 0.29) is 13.0 Å². The molecule has 6 heteroatoms. The number of ether oxygens (including phenoxy) is 1. The van der Waals surface area contributed by atoms with E-state index >= 15 is 0 Å². The summed E-state index contributed by atoms with van der Waals surface area (Å²) in [5.41, 5.74) is -1.16. The second kappa shape index (κ2) is 6.41. The molecule has 0 unspecified atom stereocenters. The van der Waals surface area contributed by atoms with Crippen LogP contribution >= 0.6 is 0 Å². The Morgan fingerprint density at radius 2 is 1.90 bits per heavy atom. The van der Waals surface area contributed by atoms with Crippen molar-refractivity contribution in [3.63, 3.8) is 0 Å². The minimum absolute atomic E-state index is 0.0600. The molecule has 20 heavy (non-hydrogen) atoms. The SMILES string of the molecule is CC(C)(C)OC(=O)NCC1(CC(=O)O)CCC([18F])CC1. The van der Waals surface area contributed by atoms with Crippen LogP contribution in [0.25, 0.3) is 0 Å². The van der Waals surface area contributed by atoms with Gasteiger partial charge in [-0.25, -0.2) is 9.18 Å². The summed E-state index contributed by atoms with van der Waals surface area (Å²) < 4.78 is 18.4. The van der Waals surface area contributed by atoms with E-state index in [9.17, 15) is 14.0 Å². The topological polar surface area (TPSA) is 75.6 Å². The molecule has 0 atom stereocenters. The van der Waals surface area contributed by atoms with E-state index in [1.54, 1.807) is 20.8 Å². The van der Waals surface area contributed by atoms with Crippen molar-refractivity contribution >= 4 is 12.1 Å². The van der Waals surface area contributed by atoms with Crippen molar-refractivity contribution in [3.8, 4) is 0 Å². The standard InChI is InChI=1S/C14H24FNO4/c1-13(2,3)20-12(19)16-9-14(8-11(17)18)6-4-10(15)5-7-14/h10H,4-9H2,1-3H3,(H,16,19)(H,17,18)/i15-1. The molecule has 2 N–H and O–H groups in total. The number of carboxylic acid groups (broad SMARTS) is 1. The summed E-state index contributed by atoms with van der Waals surface area (Å²) in [6.45, 7) is 5.48. The van der Waals surface area contributed by atoms with Gasteiger partial charge in [0.1, 0.15) is 11.8 Å². The molecule has 0 bridgehead atoms. The van der Waals surface area contributed by atoms with E-state index in [1.165, 1.54) is 0 Å². The highest BCUT2D eigenvalue weighted by Crippen LogP contribution is 2.40. The van der Waals surface area contributed by atoms with Crippen molar-refractivity contribution in [1.29, 1.82) is 0 Å². The van der Waals surface area contributed by atoms with Crippen molar-refractivity contribution in [2.24, 2.45) is 5.41 Å². The number of alkyl carbamates (subject to hydrolysis) is 1. The highest BCUT2D eigenvalue weighted by atomic mass is 18.2. The number of alkyl halides is 1. The van der Waals surface area contributed by atoms with Crippen LogP contribution in [0.15, 0.2) is 0 Å². The van der Waals surface area contributed by atoms with Gasteiger partial charge in [-0.05, 0) is 51.9 Å². The first kappa shape index (κ1) is 16.7. The molecule has 0 aromatic carbocycles. The molecule has 0 aromatic heterocycles. The second-order valence-electron chi connectivity index (χ2n) is 6.60. The van der Waals surface area contributed by atoms with E-state index in [0.29, 0.717) is 25.7 Å². The van der Waals surface area contributed by atoms with Gasteiger partial charge in [0.25, 0.3) is 0 Å². The lowest BCUT2D eigenvalue weighted by Gasteiger charge is -2.37. The summed E-state index contributed by atoms with van der Waals surface area (Å²) in [5, 5.41) is 11.6. The fourth-order valence-electron chi connectivity index (χ4n) is 2.51. The fraction of sp³-hybridized carbons (Fsp3) is 0.857. The average molecular weight is 288 g/mol.